The largest absolute Gasteiger partial charge is 0.497 e. The van der Waals surface area contributed by atoms with Crippen LogP contribution in [0.4, 0.5) is 11.4 Å². The van der Waals surface area contributed by atoms with Gasteiger partial charge in [0, 0.05) is 56.1 Å². The molecule has 0 atom stereocenters. The molecule has 2 heterocycles. The summed E-state index contributed by atoms with van der Waals surface area (Å²) in [4.78, 5) is 42.9. The average Bonchev–Trinajstić information content (AvgIpc) is 3.13. The van der Waals surface area contributed by atoms with Gasteiger partial charge in [-0.05, 0) is 61.4 Å². The standard InChI is InChI=1S/C25H30N4O4/c1-33-22-11-9-20(10-12-22)27-13-3-14-28(17-16-27)24(31)18-26-25(32)19-5-7-21(8-6-19)29-15-2-4-23(29)30/h5-12H,2-4,13-18H2,1H3,(H,26,32). The van der Waals surface area contributed by atoms with Crippen LogP contribution >= 0.6 is 0 Å². The second-order valence-electron chi connectivity index (χ2n) is 8.30. The lowest BCUT2D eigenvalue weighted by Crippen LogP contribution is -2.42. The van der Waals surface area contributed by atoms with Crippen LogP contribution in [0.25, 0.3) is 0 Å². The van der Waals surface area contributed by atoms with Crippen molar-refractivity contribution in [2.75, 3.05) is 56.2 Å². The summed E-state index contributed by atoms with van der Waals surface area (Å²) in [5.41, 5.74) is 2.38. The summed E-state index contributed by atoms with van der Waals surface area (Å²) >= 11 is 0. The summed E-state index contributed by atoms with van der Waals surface area (Å²) < 4.78 is 5.22. The first-order valence-electron chi connectivity index (χ1n) is 11.4. The fourth-order valence-corrected chi connectivity index (χ4v) is 4.30. The fourth-order valence-electron chi connectivity index (χ4n) is 4.30. The van der Waals surface area contributed by atoms with Crippen molar-refractivity contribution in [3.63, 3.8) is 0 Å². The number of methoxy groups -OCH3 is 1. The lowest BCUT2D eigenvalue weighted by atomic mass is 10.2. The molecule has 2 aromatic rings. The van der Waals surface area contributed by atoms with Crippen LogP contribution in [0.15, 0.2) is 48.5 Å². The highest BCUT2D eigenvalue weighted by Gasteiger charge is 2.22. The van der Waals surface area contributed by atoms with E-state index in [-0.39, 0.29) is 24.3 Å². The van der Waals surface area contributed by atoms with Crippen LogP contribution in [-0.4, -0.2) is 69.0 Å². The summed E-state index contributed by atoms with van der Waals surface area (Å²) in [7, 11) is 1.65. The third-order valence-electron chi connectivity index (χ3n) is 6.20. The van der Waals surface area contributed by atoms with Crippen LogP contribution in [0.1, 0.15) is 29.6 Å². The molecule has 2 aliphatic heterocycles. The Hall–Kier alpha value is -3.55. The topological polar surface area (TPSA) is 82.2 Å². The smallest absolute Gasteiger partial charge is 0.251 e. The number of carbonyl (C=O) groups excluding carboxylic acids is 3. The summed E-state index contributed by atoms with van der Waals surface area (Å²) in [6, 6.07) is 14.9. The van der Waals surface area contributed by atoms with E-state index in [4.69, 9.17) is 4.74 Å². The third kappa shape index (κ3) is 5.45. The number of nitrogens with zero attached hydrogens (tertiary/aromatic N) is 3. The van der Waals surface area contributed by atoms with Crippen molar-refractivity contribution in [3.8, 4) is 5.75 Å². The van der Waals surface area contributed by atoms with Gasteiger partial charge in [-0.15, -0.1) is 0 Å². The van der Waals surface area contributed by atoms with E-state index in [2.05, 4.69) is 10.2 Å². The molecule has 0 bridgehead atoms. The van der Waals surface area contributed by atoms with E-state index >= 15 is 0 Å². The molecule has 8 nitrogen and oxygen atoms in total. The maximum atomic E-state index is 12.7. The van der Waals surface area contributed by atoms with Gasteiger partial charge in [-0.2, -0.15) is 0 Å². The Balaban J connectivity index is 1.26. The number of anilines is 2. The molecule has 0 radical (unpaired) electrons. The van der Waals surface area contributed by atoms with Crippen LogP contribution in [0, 0.1) is 0 Å². The zero-order chi connectivity index (χ0) is 23.2. The van der Waals surface area contributed by atoms with Gasteiger partial charge in [-0.3, -0.25) is 14.4 Å². The second-order valence-corrected chi connectivity index (χ2v) is 8.30. The summed E-state index contributed by atoms with van der Waals surface area (Å²) in [6.45, 7) is 3.56. The predicted molar refractivity (Wildman–Crippen MR) is 127 cm³/mol. The Bertz CT molecular complexity index is 990. The first-order chi connectivity index (χ1) is 16.0. The molecule has 2 fully saturated rings. The van der Waals surface area contributed by atoms with Crippen LogP contribution in [0.3, 0.4) is 0 Å². The van der Waals surface area contributed by atoms with Crippen molar-refractivity contribution in [1.82, 2.24) is 10.2 Å². The van der Waals surface area contributed by atoms with Crippen LogP contribution in [0.5, 0.6) is 5.75 Å². The highest BCUT2D eigenvalue weighted by atomic mass is 16.5. The monoisotopic (exact) mass is 450 g/mol. The number of hydrogen-bond donors (Lipinski definition) is 1. The third-order valence-corrected chi connectivity index (χ3v) is 6.20. The summed E-state index contributed by atoms with van der Waals surface area (Å²) in [5.74, 6) is 0.553. The summed E-state index contributed by atoms with van der Waals surface area (Å²) in [6.07, 6.45) is 2.29. The number of rotatable bonds is 6. The van der Waals surface area contributed by atoms with Gasteiger partial charge >= 0.3 is 0 Å². The van der Waals surface area contributed by atoms with Gasteiger partial charge in [0.2, 0.25) is 11.8 Å². The molecule has 2 saturated heterocycles. The maximum Gasteiger partial charge on any atom is 0.251 e. The van der Waals surface area contributed by atoms with E-state index in [0.29, 0.717) is 31.6 Å². The minimum Gasteiger partial charge on any atom is -0.497 e. The van der Waals surface area contributed by atoms with E-state index in [1.54, 1.807) is 36.3 Å². The molecule has 33 heavy (non-hydrogen) atoms. The molecule has 2 aliphatic rings. The van der Waals surface area contributed by atoms with E-state index < -0.39 is 0 Å². The minimum atomic E-state index is -0.294. The molecule has 2 aromatic carbocycles. The zero-order valence-electron chi connectivity index (χ0n) is 19.0. The molecular weight excluding hydrogens is 420 g/mol. The predicted octanol–water partition coefficient (Wildman–Crippen LogP) is 2.29. The van der Waals surface area contributed by atoms with Gasteiger partial charge in [-0.1, -0.05) is 0 Å². The number of carbonyl (C=O) groups is 3. The lowest BCUT2D eigenvalue weighted by molar-refractivity contribution is -0.129. The number of nitrogens with one attached hydrogen (secondary N) is 1. The molecule has 174 valence electrons. The minimum absolute atomic E-state index is 0.0340. The second kappa shape index (κ2) is 10.4. The van der Waals surface area contributed by atoms with E-state index in [9.17, 15) is 14.4 Å². The van der Waals surface area contributed by atoms with Crippen LogP contribution in [-0.2, 0) is 9.59 Å². The molecule has 0 spiro atoms. The Kier molecular flexibility index (Phi) is 7.12. The van der Waals surface area contributed by atoms with E-state index in [1.165, 1.54) is 0 Å². The first kappa shape index (κ1) is 22.6. The highest BCUT2D eigenvalue weighted by Crippen LogP contribution is 2.22. The number of hydrogen-bond acceptors (Lipinski definition) is 5. The van der Waals surface area contributed by atoms with Gasteiger partial charge in [0.15, 0.2) is 0 Å². The van der Waals surface area contributed by atoms with E-state index in [1.807, 2.05) is 29.2 Å². The normalized spacial score (nSPS) is 16.5. The Morgan fingerprint density at radius 2 is 1.61 bits per heavy atom. The molecule has 8 heteroatoms. The Morgan fingerprint density at radius 3 is 2.27 bits per heavy atom. The van der Waals surface area contributed by atoms with Gasteiger partial charge in [-0.25, -0.2) is 0 Å². The SMILES string of the molecule is COc1ccc(N2CCCN(C(=O)CNC(=O)c3ccc(N4CCCC4=O)cc3)CC2)cc1. The van der Waals surface area contributed by atoms with Gasteiger partial charge in [0.25, 0.3) is 5.91 Å². The van der Waals surface area contributed by atoms with Crippen LogP contribution < -0.4 is 19.9 Å². The Morgan fingerprint density at radius 1 is 0.879 bits per heavy atom. The molecular formula is C25H30N4O4. The molecule has 3 amide bonds. The van der Waals surface area contributed by atoms with Gasteiger partial charge in [0.1, 0.15) is 5.75 Å². The molecule has 1 N–H and O–H groups in total. The fraction of sp³-hybridized carbons (Fsp3) is 0.400. The lowest BCUT2D eigenvalue weighted by Gasteiger charge is -2.24. The Labute approximate surface area is 194 Å². The van der Waals surface area contributed by atoms with Crippen molar-refractivity contribution in [2.45, 2.75) is 19.3 Å². The molecule has 0 aliphatic carbocycles. The average molecular weight is 451 g/mol. The number of amides is 3. The number of ether oxygens (including phenoxy) is 1. The molecule has 0 saturated carbocycles. The highest BCUT2D eigenvalue weighted by molar-refractivity contribution is 5.98. The quantitative estimate of drug-likeness (QED) is 0.730. The van der Waals surface area contributed by atoms with Crippen molar-refractivity contribution in [1.29, 1.82) is 0 Å². The molecule has 4 rings (SSSR count). The maximum absolute atomic E-state index is 12.7. The van der Waals surface area contributed by atoms with Crippen LogP contribution in [0.2, 0.25) is 0 Å². The molecule has 0 unspecified atom stereocenters. The van der Waals surface area contributed by atoms with E-state index in [0.717, 1.165) is 43.1 Å². The number of benzene rings is 2. The summed E-state index contributed by atoms with van der Waals surface area (Å²) in [5, 5.41) is 2.73. The van der Waals surface area contributed by atoms with Crippen molar-refractivity contribution >= 4 is 29.1 Å². The molecule has 0 aromatic heterocycles. The van der Waals surface area contributed by atoms with Gasteiger partial charge in [0.05, 0.1) is 13.7 Å². The van der Waals surface area contributed by atoms with Crippen molar-refractivity contribution < 1.29 is 19.1 Å². The zero-order valence-corrected chi connectivity index (χ0v) is 19.0. The first-order valence-corrected chi connectivity index (χ1v) is 11.4. The van der Waals surface area contributed by atoms with Crippen molar-refractivity contribution in [3.05, 3.63) is 54.1 Å². The van der Waals surface area contributed by atoms with Crippen molar-refractivity contribution in [2.24, 2.45) is 0 Å². The van der Waals surface area contributed by atoms with Gasteiger partial charge < -0.3 is 24.8 Å².